The van der Waals surface area contributed by atoms with Crippen molar-refractivity contribution in [2.45, 2.75) is 0 Å². The molecule has 18 heavy (non-hydrogen) atoms. The topological polar surface area (TPSA) is 97.5 Å². The highest BCUT2D eigenvalue weighted by Crippen LogP contribution is 2.18. The zero-order chi connectivity index (χ0) is 13.1. The largest absolute Gasteiger partial charge is 0.495 e. The molecule has 0 aliphatic heterocycles. The van der Waals surface area contributed by atoms with Crippen molar-refractivity contribution in [1.29, 1.82) is 5.41 Å². The van der Waals surface area contributed by atoms with Crippen LogP contribution in [0.25, 0.3) is 0 Å². The summed E-state index contributed by atoms with van der Waals surface area (Å²) in [6.07, 6.45) is 3.17. The van der Waals surface area contributed by atoms with E-state index in [0.717, 1.165) is 5.69 Å². The SMILES string of the molecule is COC1=CC(=Nc2ccc(N)cc2)C(=N)C=C1N. The van der Waals surface area contributed by atoms with E-state index in [-0.39, 0.29) is 5.71 Å². The van der Waals surface area contributed by atoms with Crippen LogP contribution in [0.15, 0.2) is 52.9 Å². The van der Waals surface area contributed by atoms with E-state index in [9.17, 15) is 0 Å². The van der Waals surface area contributed by atoms with Gasteiger partial charge in [-0.2, -0.15) is 0 Å². The lowest BCUT2D eigenvalue weighted by Gasteiger charge is -2.13. The number of nitrogens with one attached hydrogen (secondary N) is 1. The summed E-state index contributed by atoms with van der Waals surface area (Å²) in [6, 6.07) is 7.10. The van der Waals surface area contributed by atoms with E-state index in [0.29, 0.717) is 22.9 Å². The maximum Gasteiger partial charge on any atom is 0.144 e. The monoisotopic (exact) mass is 242 g/mol. The Hall–Kier alpha value is -2.56. The molecule has 1 aliphatic carbocycles. The minimum Gasteiger partial charge on any atom is -0.495 e. The highest BCUT2D eigenvalue weighted by atomic mass is 16.5. The second-order valence-electron chi connectivity index (χ2n) is 3.81. The molecule has 2 rings (SSSR count). The molecule has 0 heterocycles. The molecular formula is C13H14N4O. The minimum atomic E-state index is 0.255. The number of anilines is 1. The molecule has 0 unspecified atom stereocenters. The Morgan fingerprint density at radius 3 is 2.39 bits per heavy atom. The zero-order valence-electron chi connectivity index (χ0n) is 9.97. The van der Waals surface area contributed by atoms with Crippen LogP contribution in [-0.4, -0.2) is 18.5 Å². The fourth-order valence-electron chi connectivity index (χ4n) is 1.54. The molecule has 5 N–H and O–H groups in total. The number of methoxy groups -OCH3 is 1. The van der Waals surface area contributed by atoms with Crippen molar-refractivity contribution in [1.82, 2.24) is 0 Å². The maximum atomic E-state index is 7.82. The smallest absolute Gasteiger partial charge is 0.144 e. The van der Waals surface area contributed by atoms with E-state index in [4.69, 9.17) is 21.6 Å². The summed E-state index contributed by atoms with van der Waals surface area (Å²) in [6.45, 7) is 0. The van der Waals surface area contributed by atoms with Crippen molar-refractivity contribution >= 4 is 22.8 Å². The fraction of sp³-hybridized carbons (Fsp3) is 0.0769. The van der Waals surface area contributed by atoms with Gasteiger partial charge in [0, 0.05) is 11.8 Å². The predicted octanol–water partition coefficient (Wildman–Crippen LogP) is 1.75. The number of nitrogen functional groups attached to an aromatic ring is 1. The van der Waals surface area contributed by atoms with Crippen molar-refractivity contribution < 1.29 is 4.74 Å². The number of ether oxygens (including phenoxy) is 1. The second kappa shape index (κ2) is 4.75. The number of nitrogens with two attached hydrogens (primary N) is 2. The second-order valence-corrected chi connectivity index (χ2v) is 3.81. The van der Waals surface area contributed by atoms with Crippen LogP contribution in [0, 0.1) is 5.41 Å². The summed E-state index contributed by atoms with van der Waals surface area (Å²) < 4.78 is 5.11. The quantitative estimate of drug-likeness (QED) is 0.544. The Morgan fingerprint density at radius 2 is 1.78 bits per heavy atom. The number of allylic oxidation sites excluding steroid dienone is 2. The summed E-state index contributed by atoms with van der Waals surface area (Å²) in [5.41, 5.74) is 13.9. The first-order valence-electron chi connectivity index (χ1n) is 5.36. The lowest BCUT2D eigenvalue weighted by Crippen LogP contribution is -2.19. The van der Waals surface area contributed by atoms with Gasteiger partial charge in [-0.1, -0.05) is 0 Å². The van der Waals surface area contributed by atoms with Crippen LogP contribution in [-0.2, 0) is 4.74 Å². The molecule has 1 aliphatic rings. The van der Waals surface area contributed by atoms with Crippen LogP contribution < -0.4 is 11.5 Å². The molecule has 0 radical (unpaired) electrons. The van der Waals surface area contributed by atoms with Gasteiger partial charge in [0.1, 0.15) is 5.76 Å². The summed E-state index contributed by atoms with van der Waals surface area (Å²) in [5, 5.41) is 7.82. The highest BCUT2D eigenvalue weighted by Gasteiger charge is 2.14. The third-order valence-electron chi connectivity index (χ3n) is 2.49. The van der Waals surface area contributed by atoms with Crippen LogP contribution in [0.5, 0.6) is 0 Å². The van der Waals surface area contributed by atoms with Gasteiger partial charge >= 0.3 is 0 Å². The van der Waals surface area contributed by atoms with E-state index >= 15 is 0 Å². The summed E-state index contributed by atoms with van der Waals surface area (Å²) >= 11 is 0. The van der Waals surface area contributed by atoms with Crippen molar-refractivity contribution in [3.8, 4) is 0 Å². The van der Waals surface area contributed by atoms with Gasteiger partial charge < -0.3 is 16.2 Å². The molecule has 0 aromatic heterocycles. The Bertz CT molecular complexity index is 567. The van der Waals surface area contributed by atoms with Gasteiger partial charge in [0.05, 0.1) is 29.9 Å². The van der Waals surface area contributed by atoms with Gasteiger partial charge in [-0.05, 0) is 30.3 Å². The minimum absolute atomic E-state index is 0.255. The lowest BCUT2D eigenvalue weighted by atomic mass is 10.1. The molecule has 0 fully saturated rings. The normalized spacial score (nSPS) is 17.4. The summed E-state index contributed by atoms with van der Waals surface area (Å²) in [4.78, 5) is 4.35. The van der Waals surface area contributed by atoms with Crippen molar-refractivity contribution in [2.75, 3.05) is 12.8 Å². The lowest BCUT2D eigenvalue weighted by molar-refractivity contribution is 0.300. The van der Waals surface area contributed by atoms with E-state index in [1.165, 1.54) is 13.2 Å². The standard InChI is InChI=1S/C13H14N4O/c1-18-13-7-12(10(15)6-11(13)16)17-9-4-2-8(14)3-5-9/h2-7,15H,14,16H2,1H3. The molecule has 1 aromatic rings. The van der Waals surface area contributed by atoms with Gasteiger partial charge in [-0.3, -0.25) is 5.41 Å². The first kappa shape index (κ1) is 11.9. The van der Waals surface area contributed by atoms with E-state index < -0.39 is 0 Å². The van der Waals surface area contributed by atoms with E-state index in [1.54, 1.807) is 30.3 Å². The number of hydrogen-bond donors (Lipinski definition) is 3. The van der Waals surface area contributed by atoms with Crippen LogP contribution >= 0.6 is 0 Å². The molecule has 0 saturated carbocycles. The fourth-order valence-corrected chi connectivity index (χ4v) is 1.54. The Labute approximate surface area is 105 Å². The predicted molar refractivity (Wildman–Crippen MR) is 73.0 cm³/mol. The molecule has 0 spiro atoms. The van der Waals surface area contributed by atoms with Crippen molar-refractivity contribution in [2.24, 2.45) is 10.7 Å². The number of nitrogens with zero attached hydrogens (tertiary/aromatic N) is 1. The Kier molecular flexibility index (Phi) is 3.14. The van der Waals surface area contributed by atoms with Gasteiger partial charge in [-0.25, -0.2) is 4.99 Å². The average molecular weight is 242 g/mol. The first-order chi connectivity index (χ1) is 8.60. The Morgan fingerprint density at radius 1 is 1.11 bits per heavy atom. The van der Waals surface area contributed by atoms with Gasteiger partial charge in [0.2, 0.25) is 0 Å². The molecule has 0 bridgehead atoms. The van der Waals surface area contributed by atoms with Crippen LogP contribution in [0.1, 0.15) is 0 Å². The molecule has 5 nitrogen and oxygen atoms in total. The molecular weight excluding hydrogens is 228 g/mol. The zero-order valence-corrected chi connectivity index (χ0v) is 9.97. The summed E-state index contributed by atoms with van der Waals surface area (Å²) in [7, 11) is 1.53. The number of aliphatic imine (C=N–C) groups is 1. The number of benzene rings is 1. The van der Waals surface area contributed by atoms with Gasteiger partial charge in [-0.15, -0.1) is 0 Å². The van der Waals surface area contributed by atoms with Crippen LogP contribution in [0.3, 0.4) is 0 Å². The van der Waals surface area contributed by atoms with Gasteiger partial charge in [0.15, 0.2) is 0 Å². The molecule has 92 valence electrons. The number of rotatable bonds is 2. The third-order valence-corrected chi connectivity index (χ3v) is 2.49. The Balaban J connectivity index is 2.36. The first-order valence-corrected chi connectivity index (χ1v) is 5.36. The van der Waals surface area contributed by atoms with E-state index in [2.05, 4.69) is 4.99 Å². The highest BCUT2D eigenvalue weighted by molar-refractivity contribution is 6.50. The average Bonchev–Trinajstić information content (AvgIpc) is 2.35. The molecule has 0 saturated heterocycles. The maximum absolute atomic E-state index is 7.82. The molecule has 0 atom stereocenters. The van der Waals surface area contributed by atoms with Crippen LogP contribution in [0.4, 0.5) is 11.4 Å². The van der Waals surface area contributed by atoms with Gasteiger partial charge in [0.25, 0.3) is 0 Å². The third kappa shape index (κ3) is 2.40. The van der Waals surface area contributed by atoms with Crippen molar-refractivity contribution in [3.63, 3.8) is 0 Å². The molecule has 5 heteroatoms. The molecule has 1 aromatic carbocycles. The number of hydrogen-bond acceptors (Lipinski definition) is 5. The van der Waals surface area contributed by atoms with E-state index in [1.807, 2.05) is 0 Å². The summed E-state index contributed by atoms with van der Waals surface area (Å²) in [5.74, 6) is 0.514. The van der Waals surface area contributed by atoms with Crippen LogP contribution in [0.2, 0.25) is 0 Å². The molecule has 0 amide bonds. The van der Waals surface area contributed by atoms with Crippen molar-refractivity contribution in [3.05, 3.63) is 47.9 Å².